The minimum atomic E-state index is 0.145. The topological polar surface area (TPSA) is 62.4 Å². The highest BCUT2D eigenvalue weighted by molar-refractivity contribution is 6.30. The van der Waals surface area contributed by atoms with Gasteiger partial charge in [-0.25, -0.2) is 0 Å². The van der Waals surface area contributed by atoms with Gasteiger partial charge in [-0.15, -0.1) is 0 Å². The van der Waals surface area contributed by atoms with Gasteiger partial charge in [0.05, 0.1) is 13.2 Å². The van der Waals surface area contributed by atoms with Crippen molar-refractivity contribution in [3.63, 3.8) is 0 Å². The van der Waals surface area contributed by atoms with Gasteiger partial charge in [-0.2, -0.15) is 4.98 Å². The molecule has 21 heavy (non-hydrogen) atoms. The first-order valence-corrected chi connectivity index (χ1v) is 7.57. The Labute approximate surface area is 128 Å². The Hall–Kier alpha value is -1.43. The van der Waals surface area contributed by atoms with Crippen LogP contribution in [-0.4, -0.2) is 39.3 Å². The van der Waals surface area contributed by atoms with Crippen molar-refractivity contribution in [3.8, 4) is 11.4 Å². The predicted molar refractivity (Wildman–Crippen MR) is 79.9 cm³/mol. The summed E-state index contributed by atoms with van der Waals surface area (Å²) in [7, 11) is 0. The number of rotatable bonds is 6. The van der Waals surface area contributed by atoms with Gasteiger partial charge in [0.15, 0.2) is 0 Å². The van der Waals surface area contributed by atoms with Crippen LogP contribution in [0.5, 0.6) is 0 Å². The molecule has 0 saturated heterocycles. The molecule has 0 bridgehead atoms. The zero-order chi connectivity index (χ0) is 14.7. The number of aromatic nitrogens is 2. The number of nitrogens with zero attached hydrogens (tertiary/aromatic N) is 3. The van der Waals surface area contributed by atoms with Gasteiger partial charge in [-0.1, -0.05) is 35.3 Å². The van der Waals surface area contributed by atoms with Gasteiger partial charge in [0.2, 0.25) is 11.7 Å². The first-order valence-electron chi connectivity index (χ1n) is 7.19. The summed E-state index contributed by atoms with van der Waals surface area (Å²) in [4.78, 5) is 6.63. The molecule has 1 aromatic carbocycles. The van der Waals surface area contributed by atoms with Gasteiger partial charge in [-0.3, -0.25) is 4.90 Å². The maximum absolute atomic E-state index is 9.17. The van der Waals surface area contributed by atoms with Crippen LogP contribution in [0, 0.1) is 0 Å². The molecule has 6 heteroatoms. The summed E-state index contributed by atoms with van der Waals surface area (Å²) in [5.41, 5.74) is 0.842. The average Bonchev–Trinajstić information content (AvgIpc) is 2.85. The summed E-state index contributed by atoms with van der Waals surface area (Å²) >= 11 is 5.97. The minimum absolute atomic E-state index is 0.145. The third-order valence-electron chi connectivity index (χ3n) is 3.87. The van der Waals surface area contributed by atoms with Crippen molar-refractivity contribution in [1.82, 2.24) is 15.0 Å². The molecule has 3 rings (SSSR count). The fraction of sp³-hybridized carbons (Fsp3) is 0.467. The number of halogens is 1. The van der Waals surface area contributed by atoms with E-state index in [2.05, 4.69) is 15.0 Å². The van der Waals surface area contributed by atoms with E-state index >= 15 is 0 Å². The zero-order valence-electron chi connectivity index (χ0n) is 11.7. The molecule has 0 unspecified atom stereocenters. The summed E-state index contributed by atoms with van der Waals surface area (Å²) in [6.45, 7) is 1.37. The molecule has 2 aromatic rings. The molecule has 1 fully saturated rings. The van der Waals surface area contributed by atoms with Crippen LogP contribution < -0.4 is 0 Å². The molecule has 1 aromatic heterocycles. The highest BCUT2D eigenvalue weighted by Crippen LogP contribution is 2.26. The maximum atomic E-state index is 9.17. The molecule has 0 radical (unpaired) electrons. The molecular formula is C15H18ClN3O2. The van der Waals surface area contributed by atoms with E-state index in [0.717, 1.165) is 5.56 Å². The van der Waals surface area contributed by atoms with Gasteiger partial charge in [0.1, 0.15) is 0 Å². The number of aliphatic hydroxyl groups is 1. The van der Waals surface area contributed by atoms with Gasteiger partial charge >= 0.3 is 0 Å². The molecule has 0 aliphatic heterocycles. The first kappa shape index (κ1) is 14.5. The molecule has 0 spiro atoms. The summed E-state index contributed by atoms with van der Waals surface area (Å²) in [6.07, 6.45) is 3.61. The van der Waals surface area contributed by atoms with Gasteiger partial charge in [0.25, 0.3) is 0 Å². The highest BCUT2D eigenvalue weighted by Gasteiger charge is 2.26. The van der Waals surface area contributed by atoms with Crippen LogP contribution in [0.4, 0.5) is 0 Å². The van der Waals surface area contributed by atoms with Crippen molar-refractivity contribution >= 4 is 11.6 Å². The van der Waals surface area contributed by atoms with Gasteiger partial charge < -0.3 is 9.63 Å². The second-order valence-electron chi connectivity index (χ2n) is 5.30. The highest BCUT2D eigenvalue weighted by atomic mass is 35.5. The van der Waals surface area contributed by atoms with E-state index < -0.39 is 0 Å². The molecule has 5 nitrogen and oxygen atoms in total. The lowest BCUT2D eigenvalue weighted by molar-refractivity contribution is 0.0838. The number of hydrogen-bond donors (Lipinski definition) is 1. The third kappa shape index (κ3) is 3.43. The van der Waals surface area contributed by atoms with Crippen LogP contribution in [0.25, 0.3) is 11.4 Å². The van der Waals surface area contributed by atoms with Crippen LogP contribution in [0.1, 0.15) is 25.2 Å². The second-order valence-corrected chi connectivity index (χ2v) is 5.74. The third-order valence-corrected chi connectivity index (χ3v) is 4.10. The van der Waals surface area contributed by atoms with E-state index in [4.69, 9.17) is 16.1 Å². The van der Waals surface area contributed by atoms with Crippen LogP contribution in [0.15, 0.2) is 28.8 Å². The summed E-state index contributed by atoms with van der Waals surface area (Å²) in [5, 5.41) is 13.8. The summed E-state index contributed by atoms with van der Waals surface area (Å²) in [6, 6.07) is 7.91. The van der Waals surface area contributed by atoms with E-state index in [-0.39, 0.29) is 6.61 Å². The smallest absolute Gasteiger partial charge is 0.241 e. The molecule has 1 heterocycles. The molecule has 1 saturated carbocycles. The van der Waals surface area contributed by atoms with E-state index in [9.17, 15) is 5.11 Å². The second kappa shape index (κ2) is 6.56. The van der Waals surface area contributed by atoms with E-state index in [1.54, 1.807) is 0 Å². The fourth-order valence-electron chi connectivity index (χ4n) is 2.51. The van der Waals surface area contributed by atoms with Crippen molar-refractivity contribution < 1.29 is 9.63 Å². The zero-order valence-corrected chi connectivity index (χ0v) is 12.5. The van der Waals surface area contributed by atoms with E-state index in [0.29, 0.717) is 35.9 Å². The Kier molecular flexibility index (Phi) is 4.53. The SMILES string of the molecule is OCCN(Cc1nc(-c2cccc(Cl)c2)no1)C1CCC1. The van der Waals surface area contributed by atoms with Crippen LogP contribution >= 0.6 is 11.6 Å². The lowest BCUT2D eigenvalue weighted by Gasteiger charge is -2.36. The van der Waals surface area contributed by atoms with E-state index in [1.165, 1.54) is 19.3 Å². The molecule has 0 amide bonds. The van der Waals surface area contributed by atoms with Gasteiger partial charge in [-0.05, 0) is 25.0 Å². The number of aliphatic hydroxyl groups excluding tert-OH is 1. The van der Waals surface area contributed by atoms with Crippen LogP contribution in [0.2, 0.25) is 5.02 Å². The summed E-state index contributed by atoms with van der Waals surface area (Å²) < 4.78 is 5.33. The average molecular weight is 308 g/mol. The lowest BCUT2D eigenvalue weighted by atomic mass is 9.91. The van der Waals surface area contributed by atoms with Crippen molar-refractivity contribution in [1.29, 1.82) is 0 Å². The fourth-order valence-corrected chi connectivity index (χ4v) is 2.70. The molecule has 1 aliphatic rings. The Bertz CT molecular complexity index is 598. The lowest BCUT2D eigenvalue weighted by Crippen LogP contribution is -2.41. The van der Waals surface area contributed by atoms with Crippen molar-refractivity contribution in [2.45, 2.75) is 31.8 Å². The van der Waals surface area contributed by atoms with Crippen LogP contribution in [0.3, 0.4) is 0 Å². The molecule has 1 aliphatic carbocycles. The quantitative estimate of drug-likeness (QED) is 0.889. The van der Waals surface area contributed by atoms with Gasteiger partial charge in [0, 0.05) is 23.2 Å². The molecular weight excluding hydrogens is 290 g/mol. The minimum Gasteiger partial charge on any atom is -0.395 e. The maximum Gasteiger partial charge on any atom is 0.241 e. The molecule has 1 N–H and O–H groups in total. The normalized spacial score (nSPS) is 15.4. The molecule has 112 valence electrons. The Morgan fingerprint density at radius 1 is 1.38 bits per heavy atom. The Morgan fingerprint density at radius 3 is 2.90 bits per heavy atom. The predicted octanol–water partition coefficient (Wildman–Crippen LogP) is 2.74. The Balaban J connectivity index is 1.71. The first-order chi connectivity index (χ1) is 10.3. The Morgan fingerprint density at radius 2 is 2.24 bits per heavy atom. The van der Waals surface area contributed by atoms with Crippen molar-refractivity contribution in [2.75, 3.05) is 13.2 Å². The largest absolute Gasteiger partial charge is 0.395 e. The van der Waals surface area contributed by atoms with Crippen molar-refractivity contribution in [2.24, 2.45) is 0 Å². The van der Waals surface area contributed by atoms with Crippen LogP contribution in [-0.2, 0) is 6.54 Å². The van der Waals surface area contributed by atoms with E-state index in [1.807, 2.05) is 24.3 Å². The number of benzene rings is 1. The standard InChI is InChI=1S/C15H18ClN3O2/c16-12-4-1-3-11(9-12)15-17-14(21-18-15)10-19(7-8-20)13-5-2-6-13/h1,3-4,9,13,20H,2,5-8,10H2. The number of hydrogen-bond acceptors (Lipinski definition) is 5. The monoisotopic (exact) mass is 307 g/mol. The molecule has 0 atom stereocenters. The van der Waals surface area contributed by atoms with Crippen molar-refractivity contribution in [3.05, 3.63) is 35.2 Å². The summed E-state index contributed by atoms with van der Waals surface area (Å²) in [5.74, 6) is 1.12.